The predicted molar refractivity (Wildman–Crippen MR) is 96.1 cm³/mol. The number of likely N-dealkylation sites (tertiary alicyclic amines) is 1. The van der Waals surface area contributed by atoms with Crippen molar-refractivity contribution in [2.45, 2.75) is 37.5 Å². The first kappa shape index (κ1) is 17.2. The van der Waals surface area contributed by atoms with Gasteiger partial charge in [-0.1, -0.05) is 36.4 Å². The highest BCUT2D eigenvalue weighted by Crippen LogP contribution is 2.39. The molecule has 136 valence electrons. The Morgan fingerprint density at radius 2 is 1.85 bits per heavy atom. The minimum Gasteiger partial charge on any atom is -0.351 e. The van der Waals surface area contributed by atoms with Crippen LogP contribution in [-0.2, 0) is 11.2 Å². The summed E-state index contributed by atoms with van der Waals surface area (Å²) in [6.07, 6.45) is -0.0341. The van der Waals surface area contributed by atoms with Crippen molar-refractivity contribution in [3.63, 3.8) is 0 Å². The fourth-order valence-electron chi connectivity index (χ4n) is 4.05. The molecule has 0 bridgehead atoms. The summed E-state index contributed by atoms with van der Waals surface area (Å²) in [5.74, 6) is -0.770. The number of hydrogen-bond acceptors (Lipinski definition) is 2. The highest BCUT2D eigenvalue weighted by molar-refractivity contribution is 5.83. The second kappa shape index (κ2) is 6.80. The van der Waals surface area contributed by atoms with Crippen LogP contribution in [-0.4, -0.2) is 36.1 Å². The summed E-state index contributed by atoms with van der Waals surface area (Å²) in [7, 11) is 0. The standard InChI is InChI=1S/C21H22F2N2O/c1-13(14-6-8-16(22)9-7-14)21(26)24-19-10-15-4-2-3-5-18(15)20(19)25-11-17(23)12-25/h2-9,13,17,19-20H,10-12H2,1H3,(H,24,26)/t13?,19-,20-/m1/s1. The van der Waals surface area contributed by atoms with Gasteiger partial charge >= 0.3 is 0 Å². The second-order valence-electron chi connectivity index (χ2n) is 7.29. The minimum atomic E-state index is -0.780. The van der Waals surface area contributed by atoms with Gasteiger partial charge in [0.2, 0.25) is 5.91 Å². The zero-order chi connectivity index (χ0) is 18.3. The molecule has 1 fully saturated rings. The Morgan fingerprint density at radius 1 is 1.15 bits per heavy atom. The molecule has 1 saturated heterocycles. The number of nitrogens with one attached hydrogen (secondary N) is 1. The highest BCUT2D eigenvalue weighted by atomic mass is 19.1. The molecule has 1 heterocycles. The van der Waals surface area contributed by atoms with Gasteiger partial charge in [-0.2, -0.15) is 0 Å². The normalized spacial score (nSPS) is 24.0. The van der Waals surface area contributed by atoms with E-state index in [-0.39, 0.29) is 29.7 Å². The summed E-state index contributed by atoms with van der Waals surface area (Å²) in [5, 5.41) is 3.16. The number of alkyl halides is 1. The lowest BCUT2D eigenvalue weighted by atomic mass is 9.97. The van der Waals surface area contributed by atoms with E-state index in [9.17, 15) is 13.6 Å². The maximum atomic E-state index is 13.4. The van der Waals surface area contributed by atoms with E-state index in [0.717, 1.165) is 12.0 Å². The van der Waals surface area contributed by atoms with Crippen LogP contribution in [0.3, 0.4) is 0 Å². The van der Waals surface area contributed by atoms with Crippen LogP contribution in [0.1, 0.15) is 35.6 Å². The van der Waals surface area contributed by atoms with Crippen LogP contribution in [0.25, 0.3) is 0 Å². The molecule has 26 heavy (non-hydrogen) atoms. The third-order valence-electron chi connectivity index (χ3n) is 5.54. The molecule has 0 saturated carbocycles. The lowest BCUT2D eigenvalue weighted by Gasteiger charge is -2.42. The van der Waals surface area contributed by atoms with E-state index in [4.69, 9.17) is 0 Å². The van der Waals surface area contributed by atoms with Crippen LogP contribution in [0.2, 0.25) is 0 Å². The summed E-state index contributed by atoms with van der Waals surface area (Å²) >= 11 is 0. The van der Waals surface area contributed by atoms with Crippen molar-refractivity contribution in [3.8, 4) is 0 Å². The van der Waals surface area contributed by atoms with Crippen molar-refractivity contribution in [1.29, 1.82) is 0 Å². The van der Waals surface area contributed by atoms with Crippen molar-refractivity contribution in [2.24, 2.45) is 0 Å². The molecule has 5 heteroatoms. The third-order valence-corrected chi connectivity index (χ3v) is 5.54. The zero-order valence-electron chi connectivity index (χ0n) is 14.7. The summed E-state index contributed by atoms with van der Waals surface area (Å²) in [6.45, 7) is 2.65. The van der Waals surface area contributed by atoms with Crippen LogP contribution < -0.4 is 5.32 Å². The van der Waals surface area contributed by atoms with Gasteiger partial charge in [-0.25, -0.2) is 8.78 Å². The van der Waals surface area contributed by atoms with Gasteiger partial charge in [0.15, 0.2) is 0 Å². The van der Waals surface area contributed by atoms with Crippen LogP contribution >= 0.6 is 0 Å². The first-order valence-electron chi connectivity index (χ1n) is 9.04. The SMILES string of the molecule is CC(C(=O)N[C@@H]1Cc2ccccc2[C@H]1N1CC(F)C1)c1ccc(F)cc1. The summed E-state index contributed by atoms with van der Waals surface area (Å²) in [6, 6.07) is 14.1. The molecule has 2 aromatic rings. The number of hydrogen-bond donors (Lipinski definition) is 1. The number of amides is 1. The van der Waals surface area contributed by atoms with Crippen molar-refractivity contribution < 1.29 is 13.6 Å². The van der Waals surface area contributed by atoms with Crippen LogP contribution in [0.15, 0.2) is 48.5 Å². The Hall–Kier alpha value is -2.27. The monoisotopic (exact) mass is 356 g/mol. The Bertz CT molecular complexity index is 802. The van der Waals surface area contributed by atoms with Gasteiger partial charge in [0.25, 0.3) is 0 Å². The van der Waals surface area contributed by atoms with Gasteiger partial charge in [-0.15, -0.1) is 0 Å². The number of carbonyl (C=O) groups excluding carboxylic acids is 1. The smallest absolute Gasteiger partial charge is 0.227 e. The number of fused-ring (bicyclic) bond motifs is 1. The van der Waals surface area contributed by atoms with Gasteiger partial charge in [-0.3, -0.25) is 9.69 Å². The molecule has 1 amide bonds. The molecule has 2 aromatic carbocycles. The van der Waals surface area contributed by atoms with Crippen LogP contribution in [0.5, 0.6) is 0 Å². The summed E-state index contributed by atoms with van der Waals surface area (Å²) in [4.78, 5) is 14.9. The Balaban J connectivity index is 1.51. The molecular formula is C21H22F2N2O. The van der Waals surface area contributed by atoms with Gasteiger partial charge in [0.05, 0.1) is 18.0 Å². The molecule has 3 nitrogen and oxygen atoms in total. The molecule has 0 aromatic heterocycles. The lowest BCUT2D eigenvalue weighted by molar-refractivity contribution is -0.123. The number of rotatable bonds is 4. The zero-order valence-corrected chi connectivity index (χ0v) is 14.7. The van der Waals surface area contributed by atoms with E-state index >= 15 is 0 Å². The third kappa shape index (κ3) is 3.12. The molecule has 1 unspecified atom stereocenters. The number of halogens is 2. The van der Waals surface area contributed by atoms with Crippen molar-refractivity contribution in [1.82, 2.24) is 10.2 Å². The van der Waals surface area contributed by atoms with E-state index in [2.05, 4.69) is 22.3 Å². The second-order valence-corrected chi connectivity index (χ2v) is 7.29. The summed E-state index contributed by atoms with van der Waals surface area (Å²) in [5.41, 5.74) is 3.17. The predicted octanol–water partition coefficient (Wildman–Crippen LogP) is 3.37. The summed E-state index contributed by atoms with van der Waals surface area (Å²) < 4.78 is 26.5. The molecule has 2 aliphatic rings. The lowest BCUT2D eigenvalue weighted by Crippen LogP contribution is -2.55. The van der Waals surface area contributed by atoms with E-state index in [1.807, 2.05) is 19.1 Å². The van der Waals surface area contributed by atoms with Gasteiger partial charge < -0.3 is 5.32 Å². The Kier molecular flexibility index (Phi) is 4.49. The van der Waals surface area contributed by atoms with Gasteiger partial charge in [0.1, 0.15) is 12.0 Å². The topological polar surface area (TPSA) is 32.3 Å². The molecular weight excluding hydrogens is 334 g/mol. The average molecular weight is 356 g/mol. The molecule has 3 atom stereocenters. The van der Waals surface area contributed by atoms with E-state index in [1.54, 1.807) is 12.1 Å². The molecule has 0 spiro atoms. The first-order chi connectivity index (χ1) is 12.5. The average Bonchev–Trinajstić information content (AvgIpc) is 2.96. The van der Waals surface area contributed by atoms with Gasteiger partial charge in [0, 0.05) is 13.1 Å². The number of benzene rings is 2. The van der Waals surface area contributed by atoms with Gasteiger partial charge in [-0.05, 0) is 42.2 Å². The van der Waals surface area contributed by atoms with Crippen molar-refractivity contribution >= 4 is 5.91 Å². The number of nitrogens with zero attached hydrogens (tertiary/aromatic N) is 1. The maximum absolute atomic E-state index is 13.4. The highest BCUT2D eigenvalue weighted by Gasteiger charge is 2.42. The molecule has 1 aliphatic heterocycles. The van der Waals surface area contributed by atoms with E-state index < -0.39 is 6.17 Å². The maximum Gasteiger partial charge on any atom is 0.227 e. The largest absolute Gasteiger partial charge is 0.351 e. The van der Waals surface area contributed by atoms with Crippen molar-refractivity contribution in [2.75, 3.05) is 13.1 Å². The molecule has 1 aliphatic carbocycles. The molecule has 0 radical (unpaired) electrons. The molecule has 4 rings (SSSR count). The molecule has 1 N–H and O–H groups in total. The van der Waals surface area contributed by atoms with Crippen molar-refractivity contribution in [3.05, 3.63) is 71.0 Å². The Morgan fingerprint density at radius 3 is 2.54 bits per heavy atom. The fraction of sp³-hybridized carbons (Fsp3) is 0.381. The fourth-order valence-corrected chi connectivity index (χ4v) is 4.05. The van der Waals surface area contributed by atoms with E-state index in [0.29, 0.717) is 13.1 Å². The quantitative estimate of drug-likeness (QED) is 0.911. The van der Waals surface area contributed by atoms with Crippen LogP contribution in [0.4, 0.5) is 8.78 Å². The van der Waals surface area contributed by atoms with E-state index in [1.165, 1.54) is 23.3 Å². The minimum absolute atomic E-state index is 0.0163. The van der Waals surface area contributed by atoms with Crippen LogP contribution in [0, 0.1) is 5.82 Å². The number of carbonyl (C=O) groups is 1. The Labute approximate surface area is 152 Å². The first-order valence-corrected chi connectivity index (χ1v) is 9.04.